The Morgan fingerprint density at radius 3 is 1.62 bits per heavy atom. The summed E-state index contributed by atoms with van der Waals surface area (Å²) in [5.74, 6) is 0.397. The Balaban J connectivity index is 1.50. The minimum atomic E-state index is -4.48. The van der Waals surface area contributed by atoms with E-state index in [2.05, 4.69) is 83.8 Å². The Morgan fingerprint density at radius 2 is 1.02 bits per heavy atom. The van der Waals surface area contributed by atoms with E-state index in [-0.39, 0.29) is 0 Å². The largest absolute Gasteiger partial charge is 0.417 e. The van der Waals surface area contributed by atoms with Gasteiger partial charge in [0, 0.05) is 22.7 Å². The minimum Gasteiger partial charge on any atom is -0.294 e. The van der Waals surface area contributed by atoms with Crippen molar-refractivity contribution in [3.05, 3.63) is 157 Å². The van der Waals surface area contributed by atoms with E-state index in [1.807, 2.05) is 59.5 Å². The summed E-state index contributed by atoms with van der Waals surface area (Å²) < 4.78 is 40.6. The van der Waals surface area contributed by atoms with Crippen molar-refractivity contribution in [2.45, 2.75) is 6.18 Å². The molecule has 0 N–H and O–H groups in total. The van der Waals surface area contributed by atoms with Gasteiger partial charge in [-0.3, -0.25) is 4.90 Å². The first-order chi connectivity index (χ1) is 22.0. The Bertz CT molecular complexity index is 2310. The van der Waals surface area contributed by atoms with Gasteiger partial charge in [-0.15, -0.1) is 0 Å². The fraction of sp³-hybridized carbons (Fsp3) is 0.0250. The van der Waals surface area contributed by atoms with Crippen molar-refractivity contribution < 1.29 is 13.2 Å². The van der Waals surface area contributed by atoms with Gasteiger partial charge in [-0.1, -0.05) is 115 Å². The maximum atomic E-state index is 13.5. The second-order valence-corrected chi connectivity index (χ2v) is 11.1. The molecular weight excluding hydrogens is 565 g/mol. The predicted octanol–water partition coefficient (Wildman–Crippen LogP) is 11.8. The number of hydrogen-bond donors (Lipinski definition) is 0. The lowest BCUT2D eigenvalue weighted by molar-refractivity contribution is -0.137. The smallest absolute Gasteiger partial charge is 0.294 e. The summed E-state index contributed by atoms with van der Waals surface area (Å²) in [6.07, 6.45) is -3.57. The van der Waals surface area contributed by atoms with Crippen LogP contribution in [0.2, 0.25) is 0 Å². The molecule has 0 unspecified atom stereocenters. The Hall–Kier alpha value is -5.68. The molecule has 1 heterocycles. The van der Waals surface area contributed by atoms with Crippen molar-refractivity contribution in [2.75, 3.05) is 4.90 Å². The molecule has 8 aromatic rings. The van der Waals surface area contributed by atoms with Crippen molar-refractivity contribution in [3.8, 4) is 11.1 Å². The molecule has 0 spiro atoms. The summed E-state index contributed by atoms with van der Waals surface area (Å²) in [5.41, 5.74) is 3.10. The molecule has 1 aromatic heterocycles. The highest BCUT2D eigenvalue weighted by molar-refractivity contribution is 6.26. The molecule has 7 aromatic carbocycles. The van der Waals surface area contributed by atoms with Gasteiger partial charge in [0.2, 0.25) is 0 Å². The molecule has 2 nitrogen and oxygen atoms in total. The Labute approximate surface area is 257 Å². The van der Waals surface area contributed by atoms with E-state index in [0.29, 0.717) is 5.82 Å². The summed E-state index contributed by atoms with van der Waals surface area (Å²) in [4.78, 5) is 6.34. The lowest BCUT2D eigenvalue weighted by atomic mass is 9.86. The molecule has 0 fully saturated rings. The third-order valence-corrected chi connectivity index (χ3v) is 8.48. The normalized spacial score (nSPS) is 11.9. The van der Waals surface area contributed by atoms with Gasteiger partial charge in [0.05, 0.1) is 11.3 Å². The fourth-order valence-corrected chi connectivity index (χ4v) is 6.54. The van der Waals surface area contributed by atoms with Gasteiger partial charge in [0.25, 0.3) is 0 Å². The zero-order chi connectivity index (χ0) is 30.5. The van der Waals surface area contributed by atoms with Crippen molar-refractivity contribution in [1.29, 1.82) is 0 Å². The quantitative estimate of drug-likeness (QED) is 0.150. The van der Waals surface area contributed by atoms with Crippen LogP contribution >= 0.6 is 0 Å². The van der Waals surface area contributed by atoms with Gasteiger partial charge in [-0.2, -0.15) is 13.2 Å². The summed E-state index contributed by atoms with van der Waals surface area (Å²) >= 11 is 0. The zero-order valence-electron chi connectivity index (χ0n) is 24.0. The lowest BCUT2D eigenvalue weighted by Crippen LogP contribution is -2.14. The van der Waals surface area contributed by atoms with E-state index in [0.717, 1.165) is 67.1 Å². The minimum absolute atomic E-state index is 0.397. The monoisotopic (exact) mass is 590 g/mol. The highest BCUT2D eigenvalue weighted by Gasteiger charge is 2.31. The standard InChI is InChI=1S/C40H25F3N2/c41-40(42,43)27-22-23-37(44-25-27)45(28-13-2-1-3-14-28)39-34-20-10-8-18-32(34)38(33-19-9-11-21-35(33)39)36-24-26-12-4-5-15-29(26)30-16-6-7-17-31(30)36/h1-25H. The van der Waals surface area contributed by atoms with Crippen LogP contribution in [0, 0.1) is 0 Å². The number of fused-ring (bicyclic) bond motifs is 5. The highest BCUT2D eigenvalue weighted by atomic mass is 19.4. The Morgan fingerprint density at radius 1 is 0.489 bits per heavy atom. The third-order valence-electron chi connectivity index (χ3n) is 8.48. The molecule has 0 aliphatic heterocycles. The zero-order valence-corrected chi connectivity index (χ0v) is 24.0. The summed E-state index contributed by atoms with van der Waals surface area (Å²) in [6.45, 7) is 0. The molecular formula is C40H25F3N2. The molecule has 45 heavy (non-hydrogen) atoms. The van der Waals surface area contributed by atoms with E-state index >= 15 is 0 Å². The van der Waals surface area contributed by atoms with E-state index in [9.17, 15) is 13.2 Å². The van der Waals surface area contributed by atoms with Crippen LogP contribution in [0.1, 0.15) is 5.56 Å². The molecule has 0 radical (unpaired) electrons. The van der Waals surface area contributed by atoms with Crippen LogP contribution in [0.4, 0.5) is 30.4 Å². The van der Waals surface area contributed by atoms with Gasteiger partial charge in [-0.25, -0.2) is 4.98 Å². The maximum Gasteiger partial charge on any atom is 0.417 e. The highest BCUT2D eigenvalue weighted by Crippen LogP contribution is 2.49. The van der Waals surface area contributed by atoms with E-state index < -0.39 is 11.7 Å². The SMILES string of the molecule is FC(F)(F)c1ccc(N(c2ccccc2)c2c3ccccc3c(-c3cc4ccccc4c4ccccc34)c3ccccc23)nc1. The molecule has 0 saturated heterocycles. The van der Waals surface area contributed by atoms with Gasteiger partial charge < -0.3 is 0 Å². The average Bonchev–Trinajstić information content (AvgIpc) is 3.08. The number of aromatic nitrogens is 1. The molecule has 0 saturated carbocycles. The number of pyridine rings is 1. The number of halogens is 3. The lowest BCUT2D eigenvalue weighted by Gasteiger charge is -2.29. The molecule has 0 bridgehead atoms. The molecule has 216 valence electrons. The Kier molecular flexibility index (Phi) is 6.27. The first-order valence-electron chi connectivity index (χ1n) is 14.7. The fourth-order valence-electron chi connectivity index (χ4n) is 6.54. The number of para-hydroxylation sites is 1. The second-order valence-electron chi connectivity index (χ2n) is 11.1. The first kappa shape index (κ1) is 26.9. The molecule has 5 heteroatoms. The van der Waals surface area contributed by atoms with E-state index in [1.54, 1.807) is 0 Å². The van der Waals surface area contributed by atoms with Gasteiger partial charge >= 0.3 is 6.18 Å². The van der Waals surface area contributed by atoms with Crippen LogP contribution in [0.5, 0.6) is 0 Å². The van der Waals surface area contributed by atoms with E-state index in [1.165, 1.54) is 16.8 Å². The molecule has 0 aliphatic rings. The van der Waals surface area contributed by atoms with Crippen LogP contribution in [0.3, 0.4) is 0 Å². The van der Waals surface area contributed by atoms with Gasteiger partial charge in [-0.05, 0) is 73.8 Å². The maximum absolute atomic E-state index is 13.5. The molecule has 8 rings (SSSR count). The van der Waals surface area contributed by atoms with Crippen LogP contribution in [-0.4, -0.2) is 4.98 Å². The van der Waals surface area contributed by atoms with Crippen LogP contribution in [0.15, 0.2) is 152 Å². The van der Waals surface area contributed by atoms with Crippen molar-refractivity contribution in [3.63, 3.8) is 0 Å². The number of benzene rings is 7. The van der Waals surface area contributed by atoms with Crippen molar-refractivity contribution in [1.82, 2.24) is 4.98 Å². The molecule has 0 aliphatic carbocycles. The number of nitrogens with zero attached hydrogens (tertiary/aromatic N) is 2. The summed E-state index contributed by atoms with van der Waals surface area (Å²) in [6, 6.07) is 48.0. The molecule has 0 atom stereocenters. The number of hydrogen-bond acceptors (Lipinski definition) is 2. The number of rotatable bonds is 4. The van der Waals surface area contributed by atoms with Crippen molar-refractivity contribution in [2.24, 2.45) is 0 Å². The van der Waals surface area contributed by atoms with Gasteiger partial charge in [0.1, 0.15) is 5.82 Å². The predicted molar refractivity (Wildman–Crippen MR) is 179 cm³/mol. The summed E-state index contributed by atoms with van der Waals surface area (Å²) in [5, 5.41) is 8.71. The van der Waals surface area contributed by atoms with Crippen LogP contribution in [-0.2, 0) is 6.18 Å². The number of anilines is 3. The van der Waals surface area contributed by atoms with Gasteiger partial charge in [0.15, 0.2) is 0 Å². The third kappa shape index (κ3) is 4.47. The van der Waals surface area contributed by atoms with Crippen molar-refractivity contribution >= 4 is 60.3 Å². The molecule has 0 amide bonds. The average molecular weight is 591 g/mol. The first-order valence-corrected chi connectivity index (χ1v) is 14.7. The van der Waals surface area contributed by atoms with Crippen LogP contribution in [0.25, 0.3) is 54.2 Å². The van der Waals surface area contributed by atoms with E-state index in [4.69, 9.17) is 0 Å². The summed E-state index contributed by atoms with van der Waals surface area (Å²) in [7, 11) is 0. The van der Waals surface area contributed by atoms with Crippen LogP contribution < -0.4 is 4.90 Å². The second kappa shape index (κ2) is 10.5. The topological polar surface area (TPSA) is 16.1 Å². The number of alkyl halides is 3.